The monoisotopic (exact) mass is 246 g/mol. The minimum absolute atomic E-state index is 0.608. The molecular weight excluding hydrogens is 220 g/mol. The third kappa shape index (κ3) is 3.26. The number of nitrogens with zero attached hydrogens (tertiary/aromatic N) is 1. The second kappa shape index (κ2) is 6.24. The molecule has 0 saturated carbocycles. The summed E-state index contributed by atoms with van der Waals surface area (Å²) in [6.07, 6.45) is 3.75. The van der Waals surface area contributed by atoms with Crippen molar-refractivity contribution in [2.24, 2.45) is 0 Å². The van der Waals surface area contributed by atoms with Crippen LogP contribution in [-0.4, -0.2) is 25.2 Å². The highest BCUT2D eigenvalue weighted by Crippen LogP contribution is 2.31. The second-order valence-electron chi connectivity index (χ2n) is 5.69. The molecule has 1 aliphatic heterocycles. The Balaban J connectivity index is 1.79. The molecule has 0 amide bonds. The van der Waals surface area contributed by atoms with Crippen LogP contribution in [0, 0.1) is 0 Å². The molecule has 1 unspecified atom stereocenters. The molecule has 1 N–H and O–H groups in total. The summed E-state index contributed by atoms with van der Waals surface area (Å²) in [7, 11) is 0. The van der Waals surface area contributed by atoms with Crippen molar-refractivity contribution in [1.29, 1.82) is 0 Å². The van der Waals surface area contributed by atoms with E-state index in [4.69, 9.17) is 0 Å². The zero-order valence-electron chi connectivity index (χ0n) is 11.9. The second-order valence-corrected chi connectivity index (χ2v) is 5.69. The van der Waals surface area contributed by atoms with E-state index in [0.29, 0.717) is 12.1 Å². The fourth-order valence-corrected chi connectivity index (χ4v) is 2.77. The number of hydrogen-bond acceptors (Lipinski definition) is 2. The lowest BCUT2D eigenvalue weighted by Crippen LogP contribution is -2.31. The SMILES string of the molecule is CC(C)NCCCCN1c2ccccc2CC1C. The van der Waals surface area contributed by atoms with Crippen LogP contribution in [0.3, 0.4) is 0 Å². The molecule has 1 heterocycles. The normalized spacial score (nSPS) is 18.4. The zero-order chi connectivity index (χ0) is 13.0. The van der Waals surface area contributed by atoms with E-state index in [2.05, 4.69) is 55.3 Å². The number of benzene rings is 1. The first-order chi connectivity index (χ1) is 8.68. The van der Waals surface area contributed by atoms with E-state index >= 15 is 0 Å². The van der Waals surface area contributed by atoms with Gasteiger partial charge >= 0.3 is 0 Å². The molecule has 1 aliphatic rings. The van der Waals surface area contributed by atoms with Crippen LogP contribution < -0.4 is 10.2 Å². The summed E-state index contributed by atoms with van der Waals surface area (Å²) in [5, 5.41) is 3.48. The van der Waals surface area contributed by atoms with Crippen molar-refractivity contribution in [3.8, 4) is 0 Å². The van der Waals surface area contributed by atoms with Gasteiger partial charge in [0.2, 0.25) is 0 Å². The van der Waals surface area contributed by atoms with E-state index in [-0.39, 0.29) is 0 Å². The van der Waals surface area contributed by atoms with Crippen molar-refractivity contribution in [3.63, 3.8) is 0 Å². The highest BCUT2D eigenvalue weighted by atomic mass is 15.2. The Morgan fingerprint density at radius 3 is 2.83 bits per heavy atom. The molecule has 1 aromatic rings. The van der Waals surface area contributed by atoms with Gasteiger partial charge in [-0.3, -0.25) is 0 Å². The molecule has 0 aromatic heterocycles. The van der Waals surface area contributed by atoms with Crippen LogP contribution in [0.1, 0.15) is 39.2 Å². The highest BCUT2D eigenvalue weighted by molar-refractivity contribution is 5.59. The van der Waals surface area contributed by atoms with E-state index in [9.17, 15) is 0 Å². The third-order valence-corrected chi connectivity index (χ3v) is 3.73. The van der Waals surface area contributed by atoms with Crippen molar-refractivity contribution in [2.75, 3.05) is 18.0 Å². The molecule has 2 rings (SSSR count). The van der Waals surface area contributed by atoms with E-state index in [1.54, 1.807) is 0 Å². The Bertz CT molecular complexity index is 373. The Hall–Kier alpha value is -1.02. The fourth-order valence-electron chi connectivity index (χ4n) is 2.77. The summed E-state index contributed by atoms with van der Waals surface area (Å²) < 4.78 is 0. The first kappa shape index (κ1) is 13.4. The van der Waals surface area contributed by atoms with Gasteiger partial charge in [-0.1, -0.05) is 32.0 Å². The van der Waals surface area contributed by atoms with Crippen molar-refractivity contribution >= 4 is 5.69 Å². The maximum atomic E-state index is 3.48. The maximum Gasteiger partial charge on any atom is 0.0402 e. The number of para-hydroxylation sites is 1. The summed E-state index contributed by atoms with van der Waals surface area (Å²) in [6.45, 7) is 9.09. The van der Waals surface area contributed by atoms with Crippen LogP contribution in [0.4, 0.5) is 5.69 Å². The number of rotatable bonds is 6. The number of fused-ring (bicyclic) bond motifs is 1. The van der Waals surface area contributed by atoms with Gasteiger partial charge in [0.05, 0.1) is 0 Å². The van der Waals surface area contributed by atoms with Gasteiger partial charge in [0, 0.05) is 24.3 Å². The predicted molar refractivity (Wildman–Crippen MR) is 79.3 cm³/mol. The van der Waals surface area contributed by atoms with Gasteiger partial charge in [0.25, 0.3) is 0 Å². The quantitative estimate of drug-likeness (QED) is 0.775. The number of hydrogen-bond donors (Lipinski definition) is 1. The van der Waals surface area contributed by atoms with E-state index in [0.717, 1.165) is 6.54 Å². The molecule has 0 radical (unpaired) electrons. The minimum Gasteiger partial charge on any atom is -0.368 e. The number of anilines is 1. The lowest BCUT2D eigenvalue weighted by Gasteiger charge is -2.25. The van der Waals surface area contributed by atoms with Crippen molar-refractivity contribution in [3.05, 3.63) is 29.8 Å². The van der Waals surface area contributed by atoms with Gasteiger partial charge in [-0.05, 0) is 44.4 Å². The Labute approximate surface area is 111 Å². The van der Waals surface area contributed by atoms with E-state index < -0.39 is 0 Å². The standard InChI is InChI=1S/C16H26N2/c1-13(2)17-10-6-7-11-18-14(3)12-15-8-4-5-9-16(15)18/h4-5,8-9,13-14,17H,6-7,10-12H2,1-3H3. The summed E-state index contributed by atoms with van der Waals surface area (Å²) in [5.41, 5.74) is 2.98. The molecule has 1 aromatic carbocycles. The molecule has 1 atom stereocenters. The average molecular weight is 246 g/mol. The lowest BCUT2D eigenvalue weighted by atomic mass is 10.1. The summed E-state index contributed by atoms with van der Waals surface area (Å²) in [4.78, 5) is 2.57. The van der Waals surface area contributed by atoms with Gasteiger partial charge in [-0.2, -0.15) is 0 Å². The number of nitrogens with one attached hydrogen (secondary N) is 1. The summed E-state index contributed by atoms with van der Waals surface area (Å²) in [5.74, 6) is 0. The fraction of sp³-hybridized carbons (Fsp3) is 0.625. The zero-order valence-corrected chi connectivity index (χ0v) is 11.9. The van der Waals surface area contributed by atoms with Crippen LogP contribution in [-0.2, 0) is 6.42 Å². The molecular formula is C16H26N2. The first-order valence-corrected chi connectivity index (χ1v) is 7.26. The maximum absolute atomic E-state index is 3.48. The molecule has 0 aliphatic carbocycles. The molecule has 18 heavy (non-hydrogen) atoms. The van der Waals surface area contributed by atoms with Gasteiger partial charge in [0.15, 0.2) is 0 Å². The van der Waals surface area contributed by atoms with E-state index in [1.165, 1.54) is 37.1 Å². The Morgan fingerprint density at radius 2 is 2.06 bits per heavy atom. The summed E-state index contributed by atoms with van der Waals surface area (Å²) >= 11 is 0. The van der Waals surface area contributed by atoms with Gasteiger partial charge in [0.1, 0.15) is 0 Å². The van der Waals surface area contributed by atoms with Crippen LogP contribution in [0.2, 0.25) is 0 Å². The summed E-state index contributed by atoms with van der Waals surface area (Å²) in [6, 6.07) is 10.1. The average Bonchev–Trinajstić information content (AvgIpc) is 2.65. The highest BCUT2D eigenvalue weighted by Gasteiger charge is 2.24. The smallest absolute Gasteiger partial charge is 0.0402 e. The molecule has 0 fully saturated rings. The van der Waals surface area contributed by atoms with Crippen LogP contribution in [0.25, 0.3) is 0 Å². The minimum atomic E-state index is 0.608. The first-order valence-electron chi connectivity index (χ1n) is 7.26. The number of unbranched alkanes of at least 4 members (excludes halogenated alkanes) is 1. The molecule has 0 bridgehead atoms. The molecule has 0 spiro atoms. The van der Waals surface area contributed by atoms with Crippen molar-refractivity contribution in [2.45, 2.75) is 52.1 Å². The third-order valence-electron chi connectivity index (χ3n) is 3.73. The van der Waals surface area contributed by atoms with E-state index in [1.807, 2.05) is 0 Å². The Morgan fingerprint density at radius 1 is 1.28 bits per heavy atom. The topological polar surface area (TPSA) is 15.3 Å². The van der Waals surface area contributed by atoms with Gasteiger partial charge < -0.3 is 10.2 Å². The Kier molecular flexibility index (Phi) is 4.65. The van der Waals surface area contributed by atoms with Crippen LogP contribution in [0.5, 0.6) is 0 Å². The van der Waals surface area contributed by atoms with Gasteiger partial charge in [-0.25, -0.2) is 0 Å². The largest absolute Gasteiger partial charge is 0.368 e. The predicted octanol–water partition coefficient (Wildman–Crippen LogP) is 3.22. The van der Waals surface area contributed by atoms with Crippen molar-refractivity contribution in [1.82, 2.24) is 5.32 Å². The van der Waals surface area contributed by atoms with Crippen molar-refractivity contribution < 1.29 is 0 Å². The van der Waals surface area contributed by atoms with Crippen LogP contribution in [0.15, 0.2) is 24.3 Å². The molecule has 2 nitrogen and oxygen atoms in total. The lowest BCUT2D eigenvalue weighted by molar-refractivity contribution is 0.547. The van der Waals surface area contributed by atoms with Crippen LogP contribution >= 0.6 is 0 Å². The molecule has 2 heteroatoms. The van der Waals surface area contributed by atoms with Gasteiger partial charge in [-0.15, -0.1) is 0 Å². The molecule has 100 valence electrons. The molecule has 0 saturated heterocycles.